The summed E-state index contributed by atoms with van der Waals surface area (Å²) in [5.74, 6) is 2.17. The zero-order chi connectivity index (χ0) is 13.2. The standard InChI is InChI=1S/C8H7ClN2O4S2/c1-3-4-10(2)17(14,15)7-5-6(11(12)13)8(9)16-7/h1,5H,4H2,2H3. The Morgan fingerprint density at radius 1 is 1.71 bits per heavy atom. The molecule has 0 aliphatic rings. The molecular weight excluding hydrogens is 288 g/mol. The molecule has 0 spiro atoms. The van der Waals surface area contributed by atoms with Crippen LogP contribution < -0.4 is 0 Å². The van der Waals surface area contributed by atoms with Crippen LogP contribution in [0.3, 0.4) is 0 Å². The van der Waals surface area contributed by atoms with Gasteiger partial charge in [-0.05, 0) is 0 Å². The van der Waals surface area contributed by atoms with Crippen molar-refractivity contribution >= 4 is 38.6 Å². The van der Waals surface area contributed by atoms with Crippen molar-refractivity contribution in [3.63, 3.8) is 0 Å². The molecule has 1 aromatic rings. The number of sulfonamides is 1. The lowest BCUT2D eigenvalue weighted by Gasteiger charge is -2.11. The molecule has 0 aliphatic carbocycles. The largest absolute Gasteiger partial charge is 0.300 e. The summed E-state index contributed by atoms with van der Waals surface area (Å²) in [5, 5.41) is 10.5. The van der Waals surface area contributed by atoms with E-state index < -0.39 is 20.6 Å². The van der Waals surface area contributed by atoms with Crippen LogP contribution in [0.25, 0.3) is 0 Å². The highest BCUT2D eigenvalue weighted by atomic mass is 35.5. The first kappa shape index (κ1) is 13.9. The van der Waals surface area contributed by atoms with E-state index in [9.17, 15) is 18.5 Å². The van der Waals surface area contributed by atoms with Gasteiger partial charge in [-0.3, -0.25) is 10.1 Å². The first-order valence-electron chi connectivity index (χ1n) is 4.14. The lowest BCUT2D eigenvalue weighted by atomic mass is 10.6. The van der Waals surface area contributed by atoms with Crippen LogP contribution in [-0.2, 0) is 10.0 Å². The Kier molecular flexibility index (Phi) is 4.11. The highest BCUT2D eigenvalue weighted by molar-refractivity contribution is 7.91. The average molecular weight is 295 g/mol. The van der Waals surface area contributed by atoms with E-state index in [2.05, 4.69) is 5.92 Å². The lowest BCUT2D eigenvalue weighted by Crippen LogP contribution is -2.26. The third-order valence-electron chi connectivity index (χ3n) is 1.82. The summed E-state index contributed by atoms with van der Waals surface area (Å²) >= 11 is 6.21. The van der Waals surface area contributed by atoms with Crippen LogP contribution >= 0.6 is 22.9 Å². The van der Waals surface area contributed by atoms with Crippen LogP contribution in [0.5, 0.6) is 0 Å². The van der Waals surface area contributed by atoms with Crippen LogP contribution in [0.15, 0.2) is 10.3 Å². The zero-order valence-electron chi connectivity index (χ0n) is 8.58. The quantitative estimate of drug-likeness (QED) is 0.479. The van der Waals surface area contributed by atoms with Crippen molar-refractivity contribution in [3.8, 4) is 12.3 Å². The highest BCUT2D eigenvalue weighted by Crippen LogP contribution is 2.37. The molecule has 0 atom stereocenters. The van der Waals surface area contributed by atoms with Crippen molar-refractivity contribution in [3.05, 3.63) is 20.5 Å². The molecule has 6 nitrogen and oxygen atoms in total. The Hall–Kier alpha value is -1.14. The van der Waals surface area contributed by atoms with E-state index in [1.807, 2.05) is 0 Å². The molecule has 0 aromatic carbocycles. The van der Waals surface area contributed by atoms with Gasteiger partial charge < -0.3 is 0 Å². The van der Waals surface area contributed by atoms with E-state index in [-0.39, 0.29) is 15.1 Å². The third kappa shape index (κ3) is 2.76. The Bertz CT molecular complexity index is 587. The van der Waals surface area contributed by atoms with Gasteiger partial charge in [-0.25, -0.2) is 8.42 Å². The maximum Gasteiger partial charge on any atom is 0.300 e. The van der Waals surface area contributed by atoms with Crippen LogP contribution in [0.2, 0.25) is 4.34 Å². The number of nitrogens with zero attached hydrogens (tertiary/aromatic N) is 2. The first-order chi connectivity index (χ1) is 7.80. The molecule has 17 heavy (non-hydrogen) atoms. The number of hydrogen-bond acceptors (Lipinski definition) is 5. The van der Waals surface area contributed by atoms with Crippen molar-refractivity contribution in [2.24, 2.45) is 0 Å². The second kappa shape index (κ2) is 5.01. The molecule has 0 bridgehead atoms. The number of nitro groups is 1. The van der Waals surface area contributed by atoms with Crippen molar-refractivity contribution in [2.45, 2.75) is 4.21 Å². The SMILES string of the molecule is C#CCN(C)S(=O)(=O)c1cc([N+](=O)[O-])c(Cl)s1. The lowest BCUT2D eigenvalue weighted by molar-refractivity contribution is -0.384. The Labute approximate surface area is 107 Å². The van der Waals surface area contributed by atoms with E-state index >= 15 is 0 Å². The third-order valence-corrected chi connectivity index (χ3v) is 5.41. The number of hydrogen-bond donors (Lipinski definition) is 0. The monoisotopic (exact) mass is 294 g/mol. The molecule has 0 amide bonds. The van der Waals surface area contributed by atoms with Crippen molar-refractivity contribution in [2.75, 3.05) is 13.6 Å². The minimum Gasteiger partial charge on any atom is -0.258 e. The second-order valence-corrected chi connectivity index (χ2v) is 6.87. The highest BCUT2D eigenvalue weighted by Gasteiger charge is 2.28. The van der Waals surface area contributed by atoms with Gasteiger partial charge in [-0.15, -0.1) is 17.8 Å². The van der Waals surface area contributed by atoms with Gasteiger partial charge in [0.25, 0.3) is 15.7 Å². The Morgan fingerprint density at radius 3 is 2.71 bits per heavy atom. The smallest absolute Gasteiger partial charge is 0.258 e. The van der Waals surface area contributed by atoms with Gasteiger partial charge in [0.1, 0.15) is 4.21 Å². The van der Waals surface area contributed by atoms with Gasteiger partial charge in [-0.2, -0.15) is 4.31 Å². The molecule has 0 fully saturated rings. The first-order valence-corrected chi connectivity index (χ1v) is 6.77. The average Bonchev–Trinajstić information content (AvgIpc) is 2.61. The van der Waals surface area contributed by atoms with Gasteiger partial charge in [0.2, 0.25) is 0 Å². The predicted octanol–water partition coefficient (Wildman–Crippen LogP) is 1.56. The van der Waals surface area contributed by atoms with Crippen LogP contribution in [0.1, 0.15) is 0 Å². The van der Waals surface area contributed by atoms with E-state index in [0.717, 1.165) is 10.4 Å². The number of thiophene rings is 1. The molecule has 1 rings (SSSR count). The summed E-state index contributed by atoms with van der Waals surface area (Å²) in [6.45, 7) is -0.119. The topological polar surface area (TPSA) is 80.5 Å². The van der Waals surface area contributed by atoms with E-state index in [4.69, 9.17) is 18.0 Å². The molecule has 0 N–H and O–H groups in total. The molecule has 0 unspecified atom stereocenters. The predicted molar refractivity (Wildman–Crippen MR) is 64.6 cm³/mol. The summed E-state index contributed by atoms with van der Waals surface area (Å²) in [4.78, 5) is 9.81. The number of halogens is 1. The van der Waals surface area contributed by atoms with Crippen molar-refractivity contribution < 1.29 is 13.3 Å². The minimum absolute atomic E-state index is 0.119. The number of rotatable bonds is 4. The number of terminal acetylenes is 1. The Balaban J connectivity index is 3.22. The fraction of sp³-hybridized carbons (Fsp3) is 0.250. The maximum absolute atomic E-state index is 11.9. The van der Waals surface area contributed by atoms with Gasteiger partial charge in [0.15, 0.2) is 4.34 Å². The van der Waals surface area contributed by atoms with Crippen LogP contribution in [-0.4, -0.2) is 31.2 Å². The molecule has 0 aliphatic heterocycles. The minimum atomic E-state index is -3.82. The molecule has 0 saturated carbocycles. The normalized spacial score (nSPS) is 11.4. The molecule has 92 valence electrons. The summed E-state index contributed by atoms with van der Waals surface area (Å²) in [6, 6.07) is 0.926. The molecule has 0 saturated heterocycles. The molecule has 9 heteroatoms. The van der Waals surface area contributed by atoms with Crippen molar-refractivity contribution in [1.82, 2.24) is 4.31 Å². The summed E-state index contributed by atoms with van der Waals surface area (Å²) in [5.41, 5.74) is -0.427. The fourth-order valence-electron chi connectivity index (χ4n) is 0.957. The zero-order valence-corrected chi connectivity index (χ0v) is 11.0. The molecular formula is C8H7ClN2O4S2. The Morgan fingerprint density at radius 2 is 2.29 bits per heavy atom. The van der Waals surface area contributed by atoms with Gasteiger partial charge in [0.05, 0.1) is 11.5 Å². The fourth-order valence-corrected chi connectivity index (χ4v) is 3.92. The maximum atomic E-state index is 11.9. The molecule has 0 radical (unpaired) electrons. The summed E-state index contributed by atoms with van der Waals surface area (Å²) < 4.78 is 24.3. The van der Waals surface area contributed by atoms with Gasteiger partial charge >= 0.3 is 0 Å². The van der Waals surface area contributed by atoms with Crippen LogP contribution in [0.4, 0.5) is 5.69 Å². The summed E-state index contributed by atoms with van der Waals surface area (Å²) in [6.07, 6.45) is 5.00. The van der Waals surface area contributed by atoms with E-state index in [1.165, 1.54) is 7.05 Å². The van der Waals surface area contributed by atoms with Gasteiger partial charge in [-0.1, -0.05) is 17.5 Å². The van der Waals surface area contributed by atoms with Gasteiger partial charge in [0, 0.05) is 13.1 Å². The molecule has 1 heterocycles. The second-order valence-electron chi connectivity index (χ2n) is 2.95. The molecule has 1 aromatic heterocycles. The summed E-state index contributed by atoms with van der Waals surface area (Å²) in [7, 11) is -2.53. The van der Waals surface area contributed by atoms with Crippen LogP contribution in [0, 0.1) is 22.5 Å². The van der Waals surface area contributed by atoms with E-state index in [0.29, 0.717) is 11.3 Å². The van der Waals surface area contributed by atoms with E-state index in [1.54, 1.807) is 0 Å². The van der Waals surface area contributed by atoms with Crippen molar-refractivity contribution in [1.29, 1.82) is 0 Å².